The minimum Gasteiger partial charge on any atom is -0.508 e. The third kappa shape index (κ3) is 6.74. The van der Waals surface area contributed by atoms with Crippen LogP contribution in [0.1, 0.15) is 70.2 Å². The lowest BCUT2D eigenvalue weighted by molar-refractivity contribution is 0.464. The van der Waals surface area contributed by atoms with Gasteiger partial charge in [0.15, 0.2) is 0 Å². The largest absolute Gasteiger partial charge is 0.508 e. The SMILES string of the molecule is CC(c1ccccc1)c1c(O)ccc(-c2cccc(C=Cc3ccccc3)c2C=Cc2ccccc2)c1C(C)c1ccccc1. The molecular formula is C44H38O. The van der Waals surface area contributed by atoms with Gasteiger partial charge in [-0.3, -0.25) is 0 Å². The number of phenols is 1. The summed E-state index contributed by atoms with van der Waals surface area (Å²) in [5.41, 5.74) is 11.3. The van der Waals surface area contributed by atoms with Gasteiger partial charge in [0, 0.05) is 17.4 Å². The van der Waals surface area contributed by atoms with Crippen molar-refractivity contribution in [1.82, 2.24) is 0 Å². The summed E-state index contributed by atoms with van der Waals surface area (Å²) in [5.74, 6) is 0.370. The van der Waals surface area contributed by atoms with Gasteiger partial charge in [-0.15, -0.1) is 0 Å². The van der Waals surface area contributed by atoms with E-state index in [1.54, 1.807) is 0 Å². The molecule has 1 N–H and O–H groups in total. The van der Waals surface area contributed by atoms with Gasteiger partial charge in [0.1, 0.15) is 5.75 Å². The molecule has 1 nitrogen and oxygen atoms in total. The fourth-order valence-electron chi connectivity index (χ4n) is 6.24. The van der Waals surface area contributed by atoms with Gasteiger partial charge in [0.2, 0.25) is 0 Å². The Labute approximate surface area is 267 Å². The molecule has 0 radical (unpaired) electrons. The molecule has 0 spiro atoms. The highest BCUT2D eigenvalue weighted by Crippen LogP contribution is 2.45. The van der Waals surface area contributed by atoms with Crippen LogP contribution < -0.4 is 0 Å². The molecule has 0 saturated carbocycles. The molecule has 0 aromatic heterocycles. The van der Waals surface area contributed by atoms with E-state index < -0.39 is 0 Å². The molecule has 0 bridgehead atoms. The predicted octanol–water partition coefficient (Wildman–Crippen LogP) is 11.7. The minimum atomic E-state index is -0.00298. The van der Waals surface area contributed by atoms with Crippen molar-refractivity contribution >= 4 is 24.3 Å². The van der Waals surface area contributed by atoms with Crippen LogP contribution in [0, 0.1) is 0 Å². The molecule has 0 amide bonds. The maximum absolute atomic E-state index is 11.6. The van der Waals surface area contributed by atoms with E-state index in [0.29, 0.717) is 5.75 Å². The second kappa shape index (κ2) is 13.9. The van der Waals surface area contributed by atoms with Gasteiger partial charge in [-0.2, -0.15) is 0 Å². The Morgan fingerprint density at radius 2 is 0.911 bits per heavy atom. The number of aromatic hydroxyl groups is 1. The normalized spacial score (nSPS) is 12.8. The number of benzene rings is 6. The highest BCUT2D eigenvalue weighted by molar-refractivity contribution is 5.89. The first kappa shape index (κ1) is 29.7. The second-order valence-corrected chi connectivity index (χ2v) is 11.5. The maximum atomic E-state index is 11.6. The number of hydrogen-bond acceptors (Lipinski definition) is 1. The molecular weight excluding hydrogens is 544 g/mol. The van der Waals surface area contributed by atoms with Gasteiger partial charge in [-0.25, -0.2) is 0 Å². The Kier molecular flexibility index (Phi) is 9.18. The summed E-state index contributed by atoms with van der Waals surface area (Å²) in [4.78, 5) is 0. The molecule has 0 aliphatic heterocycles. The first-order valence-corrected chi connectivity index (χ1v) is 15.7. The lowest BCUT2D eigenvalue weighted by Crippen LogP contribution is -2.08. The van der Waals surface area contributed by atoms with Crippen molar-refractivity contribution in [3.63, 3.8) is 0 Å². The topological polar surface area (TPSA) is 20.2 Å². The summed E-state index contributed by atoms with van der Waals surface area (Å²) < 4.78 is 0. The number of rotatable bonds is 9. The third-order valence-corrected chi connectivity index (χ3v) is 8.66. The first-order valence-electron chi connectivity index (χ1n) is 15.7. The second-order valence-electron chi connectivity index (χ2n) is 11.5. The Hall–Kier alpha value is -5.40. The van der Waals surface area contributed by atoms with E-state index in [2.05, 4.69) is 166 Å². The van der Waals surface area contributed by atoms with Crippen LogP contribution in [0.15, 0.2) is 152 Å². The van der Waals surface area contributed by atoms with Gasteiger partial charge in [-0.1, -0.05) is 184 Å². The highest BCUT2D eigenvalue weighted by Gasteiger charge is 2.26. The Morgan fingerprint density at radius 1 is 0.422 bits per heavy atom. The molecule has 0 aliphatic carbocycles. The van der Waals surface area contributed by atoms with Crippen molar-refractivity contribution in [2.24, 2.45) is 0 Å². The standard InChI is InChI=1S/C44H38O/c1-32(36-20-11-5-12-21-36)43-41(30-31-42(45)44(43)33(2)37-22-13-6-14-23-37)40-25-15-24-38(28-26-34-16-7-3-8-17-34)39(40)29-27-35-18-9-4-10-19-35/h3-33,45H,1-2H3. The molecule has 0 saturated heterocycles. The lowest BCUT2D eigenvalue weighted by Gasteiger charge is -2.27. The number of hydrogen-bond donors (Lipinski definition) is 1. The molecule has 2 atom stereocenters. The van der Waals surface area contributed by atoms with Crippen molar-refractivity contribution in [3.8, 4) is 16.9 Å². The summed E-state index contributed by atoms with van der Waals surface area (Å²) in [6.07, 6.45) is 8.80. The van der Waals surface area contributed by atoms with Crippen molar-refractivity contribution in [2.45, 2.75) is 25.7 Å². The zero-order valence-electron chi connectivity index (χ0n) is 25.8. The van der Waals surface area contributed by atoms with Gasteiger partial charge in [0.05, 0.1) is 0 Å². The molecule has 1 heteroatoms. The van der Waals surface area contributed by atoms with E-state index in [4.69, 9.17) is 0 Å². The van der Waals surface area contributed by atoms with Crippen LogP contribution >= 0.6 is 0 Å². The summed E-state index contributed by atoms with van der Waals surface area (Å²) >= 11 is 0. The quantitative estimate of drug-likeness (QED) is 0.168. The van der Waals surface area contributed by atoms with Crippen LogP contribution in [0.5, 0.6) is 5.75 Å². The Morgan fingerprint density at radius 3 is 1.47 bits per heavy atom. The molecule has 220 valence electrons. The summed E-state index contributed by atoms with van der Waals surface area (Å²) in [5, 5.41) is 11.6. The molecule has 6 rings (SSSR count). The van der Waals surface area contributed by atoms with Gasteiger partial charge in [0.25, 0.3) is 0 Å². The zero-order valence-corrected chi connectivity index (χ0v) is 25.8. The van der Waals surface area contributed by atoms with Crippen molar-refractivity contribution in [2.75, 3.05) is 0 Å². The smallest absolute Gasteiger partial charge is 0.119 e. The van der Waals surface area contributed by atoms with E-state index in [0.717, 1.165) is 44.5 Å². The van der Waals surface area contributed by atoms with E-state index >= 15 is 0 Å². The van der Waals surface area contributed by atoms with E-state index in [1.165, 1.54) is 11.1 Å². The van der Waals surface area contributed by atoms with Crippen molar-refractivity contribution in [3.05, 3.63) is 196 Å². The third-order valence-electron chi connectivity index (χ3n) is 8.66. The van der Waals surface area contributed by atoms with Crippen LogP contribution in [-0.4, -0.2) is 5.11 Å². The average molecular weight is 583 g/mol. The van der Waals surface area contributed by atoms with Gasteiger partial charge in [-0.05, 0) is 56.1 Å². The number of phenolic OH excluding ortho intramolecular Hbond substituents is 1. The predicted molar refractivity (Wildman–Crippen MR) is 192 cm³/mol. The van der Waals surface area contributed by atoms with Crippen LogP contribution in [-0.2, 0) is 0 Å². The first-order chi connectivity index (χ1) is 22.1. The van der Waals surface area contributed by atoms with E-state index in [1.807, 2.05) is 24.3 Å². The van der Waals surface area contributed by atoms with Gasteiger partial charge < -0.3 is 5.11 Å². The van der Waals surface area contributed by atoms with Crippen LogP contribution in [0.25, 0.3) is 35.4 Å². The molecule has 6 aromatic rings. The maximum Gasteiger partial charge on any atom is 0.119 e. The molecule has 2 unspecified atom stereocenters. The van der Waals surface area contributed by atoms with Crippen molar-refractivity contribution in [1.29, 1.82) is 0 Å². The van der Waals surface area contributed by atoms with Gasteiger partial charge >= 0.3 is 0 Å². The molecule has 0 fully saturated rings. The minimum absolute atomic E-state index is 0.00298. The van der Waals surface area contributed by atoms with Crippen molar-refractivity contribution < 1.29 is 5.11 Å². The summed E-state index contributed by atoms with van der Waals surface area (Å²) in [6.45, 7) is 4.46. The fraction of sp³-hybridized carbons (Fsp3) is 0.0909. The molecule has 6 aromatic carbocycles. The van der Waals surface area contributed by atoms with Crippen LogP contribution in [0.4, 0.5) is 0 Å². The zero-order chi connectivity index (χ0) is 31.0. The Balaban J connectivity index is 1.60. The molecule has 0 heterocycles. The van der Waals surface area contributed by atoms with E-state index in [9.17, 15) is 5.11 Å². The molecule has 0 aliphatic rings. The monoisotopic (exact) mass is 582 g/mol. The highest BCUT2D eigenvalue weighted by atomic mass is 16.3. The lowest BCUT2D eigenvalue weighted by atomic mass is 9.77. The fourth-order valence-corrected chi connectivity index (χ4v) is 6.24. The summed E-state index contributed by atoms with van der Waals surface area (Å²) in [7, 11) is 0. The van der Waals surface area contributed by atoms with Crippen LogP contribution in [0.3, 0.4) is 0 Å². The van der Waals surface area contributed by atoms with Crippen LogP contribution in [0.2, 0.25) is 0 Å². The van der Waals surface area contributed by atoms with E-state index in [-0.39, 0.29) is 11.8 Å². The molecule has 45 heavy (non-hydrogen) atoms. The summed E-state index contributed by atoms with van der Waals surface area (Å²) in [6, 6.07) is 52.5. The average Bonchev–Trinajstić information content (AvgIpc) is 3.11. The Bertz CT molecular complexity index is 1900.